The minimum Gasteiger partial charge on any atom is -0.495 e. The topological polar surface area (TPSA) is 51.2 Å². The van der Waals surface area contributed by atoms with Crippen LogP contribution in [0.5, 0.6) is 5.75 Å². The summed E-state index contributed by atoms with van der Waals surface area (Å²) in [5.74, 6) is -1.17. The fraction of sp³-hybridized carbons (Fsp3) is 0.444. The second kappa shape index (κ2) is 8.04. The number of aromatic nitrogens is 1. The van der Waals surface area contributed by atoms with Gasteiger partial charge in [-0.15, -0.1) is 0 Å². The molecule has 130 valence electrons. The highest BCUT2D eigenvalue weighted by atomic mass is 19.3. The van der Waals surface area contributed by atoms with Gasteiger partial charge in [-0.05, 0) is 24.8 Å². The number of pyridine rings is 1. The molecule has 0 saturated heterocycles. The number of hydrogen-bond acceptors (Lipinski definition) is 4. The molecule has 4 nitrogen and oxygen atoms in total. The lowest BCUT2D eigenvalue weighted by Gasteiger charge is -2.26. The zero-order valence-corrected chi connectivity index (χ0v) is 13.7. The summed E-state index contributed by atoms with van der Waals surface area (Å²) in [6.07, 6.45) is 6.97. The Morgan fingerprint density at radius 2 is 2.21 bits per heavy atom. The molecule has 0 atom stereocenters. The van der Waals surface area contributed by atoms with Crippen molar-refractivity contribution in [3.63, 3.8) is 0 Å². The van der Waals surface area contributed by atoms with E-state index in [2.05, 4.69) is 16.9 Å². The van der Waals surface area contributed by atoms with E-state index < -0.39 is 5.92 Å². The SMILES string of the molecule is C=C(C=O)CNc1cc(/C=C/C2CCC(F)(F)CC2)c(OC)cn1. The lowest BCUT2D eigenvalue weighted by atomic mass is 9.86. The molecular weight excluding hydrogens is 314 g/mol. The third kappa shape index (κ3) is 5.15. The van der Waals surface area contributed by atoms with Crippen LogP contribution in [0.25, 0.3) is 6.08 Å². The second-order valence-electron chi connectivity index (χ2n) is 5.99. The summed E-state index contributed by atoms with van der Waals surface area (Å²) in [4.78, 5) is 14.8. The Morgan fingerprint density at radius 3 is 2.83 bits per heavy atom. The third-order valence-corrected chi connectivity index (χ3v) is 4.09. The number of hydrogen-bond donors (Lipinski definition) is 1. The molecule has 1 aliphatic carbocycles. The minimum absolute atomic E-state index is 0.0594. The molecule has 0 spiro atoms. The fourth-order valence-corrected chi connectivity index (χ4v) is 2.60. The number of alkyl halides is 2. The minimum atomic E-state index is -2.52. The molecule has 1 N–H and O–H groups in total. The Hall–Kier alpha value is -2.24. The van der Waals surface area contributed by atoms with Gasteiger partial charge in [-0.2, -0.15) is 0 Å². The number of halogens is 2. The van der Waals surface area contributed by atoms with Crippen molar-refractivity contribution in [2.75, 3.05) is 19.0 Å². The number of carbonyl (C=O) groups excluding carboxylic acids is 1. The molecule has 1 aromatic heterocycles. The third-order valence-electron chi connectivity index (χ3n) is 4.09. The molecule has 24 heavy (non-hydrogen) atoms. The number of nitrogens with one attached hydrogen (secondary N) is 1. The Kier molecular flexibility index (Phi) is 6.06. The van der Waals surface area contributed by atoms with E-state index in [9.17, 15) is 13.6 Å². The van der Waals surface area contributed by atoms with E-state index in [0.717, 1.165) is 5.56 Å². The molecule has 0 radical (unpaired) electrons. The van der Waals surface area contributed by atoms with Gasteiger partial charge in [0, 0.05) is 30.5 Å². The van der Waals surface area contributed by atoms with E-state index in [4.69, 9.17) is 4.74 Å². The van der Waals surface area contributed by atoms with Crippen LogP contribution in [0.4, 0.5) is 14.6 Å². The zero-order valence-electron chi connectivity index (χ0n) is 13.7. The number of anilines is 1. The van der Waals surface area contributed by atoms with Crippen molar-refractivity contribution in [2.45, 2.75) is 31.6 Å². The standard InChI is InChI=1S/C18H22F2N2O2/c1-13(12-23)10-21-17-9-15(16(24-2)11-22-17)4-3-14-5-7-18(19,20)8-6-14/h3-4,9,11-12,14H,1,5-8,10H2,2H3,(H,21,22)/b4-3+. The Balaban J connectivity index is 2.05. The van der Waals surface area contributed by atoms with Gasteiger partial charge in [-0.3, -0.25) is 4.79 Å². The van der Waals surface area contributed by atoms with Crippen LogP contribution >= 0.6 is 0 Å². The fourth-order valence-electron chi connectivity index (χ4n) is 2.60. The molecular formula is C18H22F2N2O2. The molecule has 0 unspecified atom stereocenters. The van der Waals surface area contributed by atoms with Crippen molar-refractivity contribution in [3.05, 3.63) is 36.1 Å². The summed E-state index contributed by atoms with van der Waals surface area (Å²) in [7, 11) is 1.55. The van der Waals surface area contributed by atoms with Gasteiger partial charge in [0.25, 0.3) is 0 Å². The van der Waals surface area contributed by atoms with Crippen molar-refractivity contribution in [3.8, 4) is 5.75 Å². The van der Waals surface area contributed by atoms with Crippen molar-refractivity contribution < 1.29 is 18.3 Å². The number of rotatable bonds is 7. The first-order valence-corrected chi connectivity index (χ1v) is 7.90. The number of ether oxygens (including phenoxy) is 1. The van der Waals surface area contributed by atoms with Gasteiger partial charge in [-0.25, -0.2) is 13.8 Å². The van der Waals surface area contributed by atoms with Crippen LogP contribution in [-0.4, -0.2) is 30.8 Å². The summed E-state index contributed by atoms with van der Waals surface area (Å²) >= 11 is 0. The van der Waals surface area contributed by atoms with Crippen LogP contribution in [0.3, 0.4) is 0 Å². The summed E-state index contributed by atoms with van der Waals surface area (Å²) < 4.78 is 31.7. The number of methoxy groups -OCH3 is 1. The predicted molar refractivity (Wildman–Crippen MR) is 90.4 cm³/mol. The largest absolute Gasteiger partial charge is 0.495 e. The van der Waals surface area contributed by atoms with E-state index in [0.29, 0.717) is 42.8 Å². The monoisotopic (exact) mass is 336 g/mol. The van der Waals surface area contributed by atoms with Crippen LogP contribution in [0.15, 0.2) is 30.5 Å². The summed E-state index contributed by atoms with van der Waals surface area (Å²) in [6.45, 7) is 3.90. The normalized spacial score (nSPS) is 17.6. The number of allylic oxidation sites excluding steroid dienone is 1. The Bertz CT molecular complexity index is 619. The van der Waals surface area contributed by atoms with Gasteiger partial charge in [0.2, 0.25) is 5.92 Å². The molecule has 1 fully saturated rings. The molecule has 0 bridgehead atoms. The van der Waals surface area contributed by atoms with Crippen LogP contribution in [0, 0.1) is 5.92 Å². The summed E-state index contributed by atoms with van der Waals surface area (Å²) in [6, 6.07) is 1.80. The average molecular weight is 336 g/mol. The maximum absolute atomic E-state index is 13.2. The number of nitrogens with zero attached hydrogens (tertiary/aromatic N) is 1. The number of aldehydes is 1. The molecule has 0 aliphatic heterocycles. The van der Waals surface area contributed by atoms with E-state index in [-0.39, 0.29) is 18.8 Å². The van der Waals surface area contributed by atoms with Crippen molar-refractivity contribution in [1.29, 1.82) is 0 Å². The molecule has 1 aromatic rings. The van der Waals surface area contributed by atoms with Crippen molar-refractivity contribution in [1.82, 2.24) is 4.98 Å². The molecule has 1 heterocycles. The highest BCUT2D eigenvalue weighted by Gasteiger charge is 2.33. The van der Waals surface area contributed by atoms with E-state index >= 15 is 0 Å². The average Bonchev–Trinajstić information content (AvgIpc) is 2.58. The van der Waals surface area contributed by atoms with Crippen LogP contribution in [0.2, 0.25) is 0 Å². The van der Waals surface area contributed by atoms with Crippen molar-refractivity contribution in [2.24, 2.45) is 5.92 Å². The van der Waals surface area contributed by atoms with Gasteiger partial charge >= 0.3 is 0 Å². The van der Waals surface area contributed by atoms with Crippen LogP contribution in [0.1, 0.15) is 31.2 Å². The van der Waals surface area contributed by atoms with E-state index in [1.807, 2.05) is 12.2 Å². The Morgan fingerprint density at radius 1 is 1.50 bits per heavy atom. The smallest absolute Gasteiger partial charge is 0.248 e. The first-order valence-electron chi connectivity index (χ1n) is 7.90. The lowest BCUT2D eigenvalue weighted by molar-refractivity contribution is -0.104. The van der Waals surface area contributed by atoms with Gasteiger partial charge < -0.3 is 10.1 Å². The van der Waals surface area contributed by atoms with E-state index in [1.165, 1.54) is 0 Å². The molecule has 0 amide bonds. The maximum atomic E-state index is 13.2. The molecule has 0 aromatic carbocycles. The number of carbonyl (C=O) groups is 1. The highest BCUT2D eigenvalue weighted by Crippen LogP contribution is 2.37. The summed E-state index contributed by atoms with van der Waals surface area (Å²) in [5.41, 5.74) is 1.23. The molecule has 2 rings (SSSR count). The van der Waals surface area contributed by atoms with Crippen LogP contribution < -0.4 is 10.1 Å². The quantitative estimate of drug-likeness (QED) is 0.602. The zero-order chi connectivity index (χ0) is 17.6. The maximum Gasteiger partial charge on any atom is 0.248 e. The Labute approximate surface area is 140 Å². The van der Waals surface area contributed by atoms with Gasteiger partial charge in [0.05, 0.1) is 13.3 Å². The van der Waals surface area contributed by atoms with Gasteiger partial charge in [0.1, 0.15) is 17.9 Å². The highest BCUT2D eigenvalue weighted by molar-refractivity contribution is 5.73. The van der Waals surface area contributed by atoms with E-state index in [1.54, 1.807) is 19.4 Å². The van der Waals surface area contributed by atoms with Gasteiger partial charge in [0.15, 0.2) is 0 Å². The summed E-state index contributed by atoms with van der Waals surface area (Å²) in [5, 5.41) is 3.01. The first-order chi connectivity index (χ1) is 11.4. The molecule has 6 heteroatoms. The lowest BCUT2D eigenvalue weighted by Crippen LogP contribution is -2.23. The molecule has 1 saturated carbocycles. The first kappa shape index (κ1) is 18.1. The van der Waals surface area contributed by atoms with Crippen LogP contribution in [-0.2, 0) is 4.79 Å². The molecule has 1 aliphatic rings. The van der Waals surface area contributed by atoms with Crippen molar-refractivity contribution >= 4 is 18.2 Å². The van der Waals surface area contributed by atoms with Gasteiger partial charge in [-0.1, -0.05) is 18.7 Å². The second-order valence-corrected chi connectivity index (χ2v) is 5.99. The predicted octanol–water partition coefficient (Wildman–Crippen LogP) is 4.10.